The summed E-state index contributed by atoms with van der Waals surface area (Å²) in [7, 11) is 0. The summed E-state index contributed by atoms with van der Waals surface area (Å²) in [5.74, 6) is 0.791. The smallest absolute Gasteiger partial charge is 0.120 e. The Labute approximate surface area is 129 Å². The first kappa shape index (κ1) is 15.9. The normalized spacial score (nSPS) is 12.6. The number of nitrogens with one attached hydrogen (secondary N) is 1. The second-order valence-corrected chi connectivity index (χ2v) is 6.55. The van der Waals surface area contributed by atoms with Crippen LogP contribution in [0.15, 0.2) is 30.5 Å². The minimum atomic E-state index is -0.547. The quantitative estimate of drug-likeness (QED) is 0.825. The molecule has 0 aliphatic carbocycles. The Morgan fingerprint density at radius 1 is 1.38 bits per heavy atom. The van der Waals surface area contributed by atoms with Gasteiger partial charge in [0.15, 0.2) is 0 Å². The maximum atomic E-state index is 10.2. The lowest BCUT2D eigenvalue weighted by atomic mass is 10.1. The van der Waals surface area contributed by atoms with Crippen molar-refractivity contribution in [1.29, 1.82) is 0 Å². The van der Waals surface area contributed by atoms with E-state index in [1.165, 1.54) is 4.88 Å². The molecule has 5 heteroatoms. The van der Waals surface area contributed by atoms with Gasteiger partial charge >= 0.3 is 0 Å². The highest BCUT2D eigenvalue weighted by molar-refractivity contribution is 7.11. The molecule has 114 valence electrons. The lowest BCUT2D eigenvalue weighted by molar-refractivity contribution is 0.173. The topological polar surface area (TPSA) is 54.4 Å². The first-order chi connectivity index (χ1) is 10.0. The molecule has 0 fully saturated rings. The third-order valence-electron chi connectivity index (χ3n) is 2.92. The third-order valence-corrected chi connectivity index (χ3v) is 3.83. The van der Waals surface area contributed by atoms with Gasteiger partial charge in [0, 0.05) is 24.2 Å². The monoisotopic (exact) mass is 306 g/mol. The molecule has 1 aromatic carbocycles. The van der Waals surface area contributed by atoms with E-state index in [-0.39, 0.29) is 6.10 Å². The van der Waals surface area contributed by atoms with Gasteiger partial charge in [-0.1, -0.05) is 12.1 Å². The first-order valence-electron chi connectivity index (χ1n) is 7.11. The Morgan fingerprint density at radius 2 is 2.19 bits per heavy atom. The summed E-state index contributed by atoms with van der Waals surface area (Å²) in [4.78, 5) is 5.39. The zero-order valence-electron chi connectivity index (χ0n) is 12.7. The number of nitrogens with zero attached hydrogens (tertiary/aromatic N) is 1. The number of thiazole rings is 1. The molecular formula is C16H22N2O2S. The van der Waals surface area contributed by atoms with E-state index < -0.39 is 6.10 Å². The fourth-order valence-electron chi connectivity index (χ4n) is 2.00. The molecular weight excluding hydrogens is 284 g/mol. The van der Waals surface area contributed by atoms with Crippen LogP contribution in [0.25, 0.3) is 0 Å². The fourth-order valence-corrected chi connectivity index (χ4v) is 2.77. The van der Waals surface area contributed by atoms with Crippen molar-refractivity contribution in [2.45, 2.75) is 39.5 Å². The van der Waals surface area contributed by atoms with Gasteiger partial charge < -0.3 is 15.2 Å². The molecule has 0 aliphatic heterocycles. The van der Waals surface area contributed by atoms with Gasteiger partial charge in [-0.2, -0.15) is 0 Å². The van der Waals surface area contributed by atoms with Crippen LogP contribution in [-0.4, -0.2) is 22.7 Å². The summed E-state index contributed by atoms with van der Waals surface area (Å²) in [6.07, 6.45) is 1.45. The minimum absolute atomic E-state index is 0.130. The van der Waals surface area contributed by atoms with E-state index in [2.05, 4.69) is 10.3 Å². The molecule has 0 aliphatic rings. The van der Waals surface area contributed by atoms with Crippen molar-refractivity contribution in [2.24, 2.45) is 0 Å². The Bertz CT molecular complexity index is 569. The molecule has 1 heterocycles. The van der Waals surface area contributed by atoms with Crippen LogP contribution >= 0.6 is 11.3 Å². The molecule has 21 heavy (non-hydrogen) atoms. The molecule has 1 aromatic heterocycles. The van der Waals surface area contributed by atoms with Gasteiger partial charge in [0.05, 0.1) is 17.2 Å². The van der Waals surface area contributed by atoms with Gasteiger partial charge in [-0.15, -0.1) is 11.3 Å². The lowest BCUT2D eigenvalue weighted by Gasteiger charge is -2.15. The number of aryl methyl sites for hydroxylation is 1. The summed E-state index contributed by atoms with van der Waals surface area (Å²) < 4.78 is 5.64. The predicted octanol–water partition coefficient (Wildman–Crippen LogP) is 3.06. The van der Waals surface area contributed by atoms with Gasteiger partial charge in [-0.25, -0.2) is 4.98 Å². The summed E-state index contributed by atoms with van der Waals surface area (Å²) in [5.41, 5.74) is 0.862. The zero-order chi connectivity index (χ0) is 15.2. The molecule has 1 unspecified atom stereocenters. The molecule has 0 radical (unpaired) electrons. The highest BCUT2D eigenvalue weighted by Crippen LogP contribution is 2.20. The molecule has 0 bridgehead atoms. The molecule has 1 atom stereocenters. The molecule has 2 N–H and O–H groups in total. The Morgan fingerprint density at radius 3 is 2.86 bits per heavy atom. The van der Waals surface area contributed by atoms with Crippen LogP contribution in [-0.2, 0) is 6.54 Å². The van der Waals surface area contributed by atoms with Crippen LogP contribution in [0.1, 0.15) is 35.4 Å². The SMILES string of the molecule is Cc1ncc(CNCC(O)c2cccc(OC(C)C)c2)s1. The van der Waals surface area contributed by atoms with Gasteiger partial charge in [0.25, 0.3) is 0 Å². The summed E-state index contributed by atoms with van der Waals surface area (Å²) >= 11 is 1.67. The third kappa shape index (κ3) is 5.12. The molecule has 2 aromatic rings. The number of aliphatic hydroxyl groups excluding tert-OH is 1. The van der Waals surface area contributed by atoms with Crippen molar-refractivity contribution >= 4 is 11.3 Å². The number of benzene rings is 1. The summed E-state index contributed by atoms with van der Waals surface area (Å²) in [6, 6.07) is 7.62. The van der Waals surface area contributed by atoms with Crippen LogP contribution in [0.4, 0.5) is 0 Å². The second-order valence-electron chi connectivity index (χ2n) is 5.23. The van der Waals surface area contributed by atoms with Crippen LogP contribution < -0.4 is 10.1 Å². The highest BCUT2D eigenvalue weighted by Gasteiger charge is 2.09. The molecule has 0 amide bonds. The Kier molecular flexibility index (Phi) is 5.73. The largest absolute Gasteiger partial charge is 0.491 e. The molecule has 4 nitrogen and oxygen atoms in total. The molecule has 2 rings (SSSR count). The summed E-state index contributed by atoms with van der Waals surface area (Å²) in [6.45, 7) is 7.19. The van der Waals surface area contributed by atoms with E-state index in [0.717, 1.165) is 22.9 Å². The minimum Gasteiger partial charge on any atom is -0.491 e. The van der Waals surface area contributed by atoms with Gasteiger partial charge in [-0.05, 0) is 38.5 Å². The van der Waals surface area contributed by atoms with E-state index in [1.54, 1.807) is 11.3 Å². The van der Waals surface area contributed by atoms with E-state index in [9.17, 15) is 5.11 Å². The van der Waals surface area contributed by atoms with Gasteiger partial charge in [0.2, 0.25) is 0 Å². The number of hydrogen-bond donors (Lipinski definition) is 2. The van der Waals surface area contributed by atoms with Gasteiger partial charge in [0.1, 0.15) is 5.75 Å². The average Bonchev–Trinajstić information content (AvgIpc) is 2.84. The molecule has 0 spiro atoms. The van der Waals surface area contributed by atoms with Crippen molar-refractivity contribution in [2.75, 3.05) is 6.54 Å². The number of hydrogen-bond acceptors (Lipinski definition) is 5. The molecule has 0 saturated heterocycles. The van der Waals surface area contributed by atoms with Crippen molar-refractivity contribution in [3.05, 3.63) is 45.9 Å². The van der Waals surface area contributed by atoms with Crippen LogP contribution in [0.5, 0.6) is 5.75 Å². The van der Waals surface area contributed by atoms with E-state index in [0.29, 0.717) is 6.54 Å². The predicted molar refractivity (Wildman–Crippen MR) is 85.7 cm³/mol. The fraction of sp³-hybridized carbons (Fsp3) is 0.438. The Balaban J connectivity index is 1.86. The van der Waals surface area contributed by atoms with Crippen molar-refractivity contribution < 1.29 is 9.84 Å². The maximum Gasteiger partial charge on any atom is 0.120 e. The number of ether oxygens (including phenoxy) is 1. The van der Waals surface area contributed by atoms with Gasteiger partial charge in [-0.3, -0.25) is 0 Å². The average molecular weight is 306 g/mol. The van der Waals surface area contributed by atoms with E-state index in [1.807, 2.05) is 51.2 Å². The standard InChI is InChI=1S/C16H22N2O2S/c1-11(2)20-14-6-4-5-13(7-14)16(19)10-17-8-15-9-18-12(3)21-15/h4-7,9,11,16-17,19H,8,10H2,1-3H3. The number of aromatic nitrogens is 1. The highest BCUT2D eigenvalue weighted by atomic mass is 32.1. The number of aliphatic hydroxyl groups is 1. The van der Waals surface area contributed by atoms with Crippen molar-refractivity contribution in [1.82, 2.24) is 10.3 Å². The van der Waals surface area contributed by atoms with Crippen LogP contribution in [0.3, 0.4) is 0 Å². The van der Waals surface area contributed by atoms with E-state index in [4.69, 9.17) is 4.74 Å². The van der Waals surface area contributed by atoms with Crippen molar-refractivity contribution in [3.63, 3.8) is 0 Å². The van der Waals surface area contributed by atoms with Crippen LogP contribution in [0.2, 0.25) is 0 Å². The second kappa shape index (κ2) is 7.54. The van der Waals surface area contributed by atoms with E-state index >= 15 is 0 Å². The maximum absolute atomic E-state index is 10.2. The zero-order valence-corrected chi connectivity index (χ0v) is 13.5. The number of rotatable bonds is 7. The lowest BCUT2D eigenvalue weighted by Crippen LogP contribution is -2.20. The summed E-state index contributed by atoms with van der Waals surface area (Å²) in [5, 5.41) is 14.5. The van der Waals surface area contributed by atoms with Crippen LogP contribution in [0, 0.1) is 6.92 Å². The Hall–Kier alpha value is -1.43. The molecule has 0 saturated carbocycles. The first-order valence-corrected chi connectivity index (χ1v) is 7.93. The van der Waals surface area contributed by atoms with Crippen molar-refractivity contribution in [3.8, 4) is 5.75 Å².